The minimum absolute atomic E-state index is 0.456. The van der Waals surface area contributed by atoms with Crippen LogP contribution in [0.5, 0.6) is 0 Å². The lowest BCUT2D eigenvalue weighted by molar-refractivity contribution is -0.145. The van der Waals surface area contributed by atoms with E-state index in [-0.39, 0.29) is 0 Å². The Kier molecular flexibility index (Phi) is 2.82. The minimum atomic E-state index is -4.58. The highest BCUT2D eigenvalue weighted by atomic mass is 19.4. The third-order valence-electron chi connectivity index (χ3n) is 2.09. The standard InChI is InChI=1S/C9H14F3N3O/c1-8(2,3)15-6(9(10,11)12)5(13-4)7(16)14-15/h13H,1-4H3,(H,14,16). The Morgan fingerprint density at radius 3 is 2.06 bits per heavy atom. The van der Waals surface area contributed by atoms with Gasteiger partial charge in [-0.2, -0.15) is 13.2 Å². The molecule has 0 bridgehead atoms. The zero-order chi connectivity index (χ0) is 12.7. The van der Waals surface area contributed by atoms with Crippen molar-refractivity contribution in [3.05, 3.63) is 16.0 Å². The van der Waals surface area contributed by atoms with Crippen LogP contribution in [0.15, 0.2) is 4.79 Å². The topological polar surface area (TPSA) is 49.8 Å². The smallest absolute Gasteiger partial charge is 0.382 e. The molecule has 0 radical (unpaired) electrons. The van der Waals surface area contributed by atoms with Gasteiger partial charge >= 0.3 is 6.18 Å². The van der Waals surface area contributed by atoms with E-state index >= 15 is 0 Å². The molecular weight excluding hydrogens is 223 g/mol. The van der Waals surface area contributed by atoms with Crippen molar-refractivity contribution in [2.75, 3.05) is 12.4 Å². The number of aromatic amines is 1. The summed E-state index contributed by atoms with van der Waals surface area (Å²) in [6.07, 6.45) is -4.58. The van der Waals surface area contributed by atoms with Gasteiger partial charge < -0.3 is 5.32 Å². The second-order valence-corrected chi connectivity index (χ2v) is 4.42. The predicted molar refractivity (Wildman–Crippen MR) is 54.6 cm³/mol. The monoisotopic (exact) mass is 237 g/mol. The van der Waals surface area contributed by atoms with Gasteiger partial charge in [-0.3, -0.25) is 14.6 Å². The Bertz CT molecular complexity index is 436. The highest BCUT2D eigenvalue weighted by molar-refractivity contribution is 5.47. The summed E-state index contributed by atoms with van der Waals surface area (Å²) in [7, 11) is 1.28. The predicted octanol–water partition coefficient (Wildman–Crippen LogP) is 1.99. The van der Waals surface area contributed by atoms with E-state index in [0.29, 0.717) is 0 Å². The third-order valence-corrected chi connectivity index (χ3v) is 2.09. The molecular formula is C9H14F3N3O. The second-order valence-electron chi connectivity index (χ2n) is 4.42. The zero-order valence-corrected chi connectivity index (χ0v) is 9.49. The summed E-state index contributed by atoms with van der Waals surface area (Å²) in [6, 6.07) is 0. The zero-order valence-electron chi connectivity index (χ0n) is 9.49. The highest BCUT2D eigenvalue weighted by Crippen LogP contribution is 2.35. The minimum Gasteiger partial charge on any atom is -0.382 e. The van der Waals surface area contributed by atoms with E-state index in [1.165, 1.54) is 7.05 Å². The maximum atomic E-state index is 12.8. The van der Waals surface area contributed by atoms with Crippen molar-refractivity contribution in [2.45, 2.75) is 32.5 Å². The van der Waals surface area contributed by atoms with Gasteiger partial charge in [0, 0.05) is 7.05 Å². The molecule has 0 aliphatic carbocycles. The normalized spacial score (nSPS) is 12.9. The lowest BCUT2D eigenvalue weighted by Crippen LogP contribution is -2.29. The van der Waals surface area contributed by atoms with Crippen molar-refractivity contribution in [2.24, 2.45) is 0 Å². The van der Waals surface area contributed by atoms with Crippen LogP contribution in [0.3, 0.4) is 0 Å². The van der Waals surface area contributed by atoms with E-state index in [9.17, 15) is 18.0 Å². The quantitative estimate of drug-likeness (QED) is 0.784. The van der Waals surface area contributed by atoms with Gasteiger partial charge in [-0.1, -0.05) is 0 Å². The summed E-state index contributed by atoms with van der Waals surface area (Å²) in [5.41, 5.74) is -3.06. The van der Waals surface area contributed by atoms with Crippen molar-refractivity contribution in [1.29, 1.82) is 0 Å². The van der Waals surface area contributed by atoms with Crippen LogP contribution in [0.4, 0.5) is 18.9 Å². The molecule has 92 valence electrons. The number of alkyl halides is 3. The first-order valence-corrected chi connectivity index (χ1v) is 4.69. The van der Waals surface area contributed by atoms with E-state index in [1.54, 1.807) is 20.8 Å². The number of nitrogens with zero attached hydrogens (tertiary/aromatic N) is 1. The summed E-state index contributed by atoms with van der Waals surface area (Å²) in [5, 5.41) is 4.47. The molecule has 0 unspecified atom stereocenters. The van der Waals surface area contributed by atoms with Gasteiger partial charge in [0.1, 0.15) is 5.69 Å². The second kappa shape index (κ2) is 3.57. The van der Waals surface area contributed by atoms with Gasteiger partial charge in [0.2, 0.25) is 0 Å². The first kappa shape index (κ1) is 12.7. The molecule has 0 saturated heterocycles. The van der Waals surface area contributed by atoms with Crippen LogP contribution in [-0.2, 0) is 11.7 Å². The summed E-state index contributed by atoms with van der Waals surface area (Å²) in [4.78, 5) is 11.3. The van der Waals surface area contributed by atoms with E-state index in [2.05, 4.69) is 10.4 Å². The van der Waals surface area contributed by atoms with Gasteiger partial charge in [-0.05, 0) is 20.8 Å². The number of halogens is 3. The van der Waals surface area contributed by atoms with Gasteiger partial charge in [0.05, 0.1) is 5.54 Å². The van der Waals surface area contributed by atoms with Crippen LogP contribution < -0.4 is 10.9 Å². The number of nitrogens with one attached hydrogen (secondary N) is 2. The molecule has 0 fully saturated rings. The first-order chi connectivity index (χ1) is 7.09. The molecule has 0 amide bonds. The Morgan fingerprint density at radius 2 is 1.75 bits per heavy atom. The van der Waals surface area contributed by atoms with Crippen LogP contribution in [0.2, 0.25) is 0 Å². The highest BCUT2D eigenvalue weighted by Gasteiger charge is 2.41. The van der Waals surface area contributed by atoms with Crippen LogP contribution in [0, 0.1) is 0 Å². The third kappa shape index (κ3) is 2.07. The van der Waals surface area contributed by atoms with Crippen LogP contribution in [0.1, 0.15) is 26.5 Å². The van der Waals surface area contributed by atoms with Crippen molar-refractivity contribution < 1.29 is 13.2 Å². The maximum absolute atomic E-state index is 12.8. The summed E-state index contributed by atoms with van der Waals surface area (Å²) in [5.74, 6) is 0. The molecule has 1 rings (SSSR count). The summed E-state index contributed by atoms with van der Waals surface area (Å²) >= 11 is 0. The van der Waals surface area contributed by atoms with Crippen molar-refractivity contribution >= 4 is 5.69 Å². The lowest BCUT2D eigenvalue weighted by atomic mass is 10.1. The van der Waals surface area contributed by atoms with Crippen LogP contribution >= 0.6 is 0 Å². The van der Waals surface area contributed by atoms with E-state index < -0.39 is 28.7 Å². The molecule has 0 aliphatic heterocycles. The number of aromatic nitrogens is 2. The molecule has 0 spiro atoms. The van der Waals surface area contributed by atoms with Crippen molar-refractivity contribution in [3.63, 3.8) is 0 Å². The fourth-order valence-corrected chi connectivity index (χ4v) is 1.44. The van der Waals surface area contributed by atoms with E-state index in [4.69, 9.17) is 0 Å². The number of hydrogen-bond donors (Lipinski definition) is 2. The molecule has 0 saturated carbocycles. The largest absolute Gasteiger partial charge is 0.435 e. The molecule has 1 heterocycles. The molecule has 2 N–H and O–H groups in total. The fourth-order valence-electron chi connectivity index (χ4n) is 1.44. The summed E-state index contributed by atoms with van der Waals surface area (Å²) < 4.78 is 39.3. The number of rotatable bonds is 1. The molecule has 16 heavy (non-hydrogen) atoms. The first-order valence-electron chi connectivity index (χ1n) is 4.69. The molecule has 4 nitrogen and oxygen atoms in total. The van der Waals surface area contributed by atoms with Gasteiger partial charge in [-0.15, -0.1) is 0 Å². The van der Waals surface area contributed by atoms with Gasteiger partial charge in [0.25, 0.3) is 5.56 Å². The van der Waals surface area contributed by atoms with E-state index in [0.717, 1.165) is 4.68 Å². The van der Waals surface area contributed by atoms with Gasteiger partial charge in [0.15, 0.2) is 5.69 Å². The average Bonchev–Trinajstić information content (AvgIpc) is 2.40. The average molecular weight is 237 g/mol. The van der Waals surface area contributed by atoms with Gasteiger partial charge in [-0.25, -0.2) is 0 Å². The van der Waals surface area contributed by atoms with Crippen LogP contribution in [0.25, 0.3) is 0 Å². The Balaban J connectivity index is 3.59. The fraction of sp³-hybridized carbons (Fsp3) is 0.667. The maximum Gasteiger partial charge on any atom is 0.435 e. The molecule has 0 aromatic carbocycles. The molecule has 0 atom stereocenters. The molecule has 1 aromatic rings. The van der Waals surface area contributed by atoms with Crippen molar-refractivity contribution in [3.8, 4) is 0 Å². The number of H-pyrrole nitrogens is 1. The van der Waals surface area contributed by atoms with Crippen molar-refractivity contribution in [1.82, 2.24) is 9.78 Å². The molecule has 1 aromatic heterocycles. The van der Waals surface area contributed by atoms with E-state index in [1.807, 2.05) is 0 Å². The summed E-state index contributed by atoms with van der Waals surface area (Å²) in [6.45, 7) is 4.74. The Morgan fingerprint density at radius 1 is 1.25 bits per heavy atom. The number of hydrogen-bond acceptors (Lipinski definition) is 2. The molecule has 7 heteroatoms. The van der Waals surface area contributed by atoms with Crippen LogP contribution in [-0.4, -0.2) is 16.8 Å². The SMILES string of the molecule is CNc1c(C(F)(F)F)n(C(C)(C)C)[nH]c1=O. The Labute approximate surface area is 90.4 Å². The number of anilines is 1. The Hall–Kier alpha value is -1.40. The lowest BCUT2D eigenvalue weighted by Gasteiger charge is -2.24. The molecule has 0 aliphatic rings.